The zero-order chi connectivity index (χ0) is 9.41. The summed E-state index contributed by atoms with van der Waals surface area (Å²) in [6.45, 7) is 4.35. The molecule has 1 rings (SSSR count). The van der Waals surface area contributed by atoms with Gasteiger partial charge in [0, 0.05) is 5.33 Å². The molecule has 0 aromatic carbocycles. The van der Waals surface area contributed by atoms with E-state index < -0.39 is 0 Å². The summed E-state index contributed by atoms with van der Waals surface area (Å²) in [6.07, 6.45) is 1.86. The molecule has 0 aliphatic heterocycles. The van der Waals surface area contributed by atoms with Crippen molar-refractivity contribution in [3.63, 3.8) is 0 Å². The van der Waals surface area contributed by atoms with Gasteiger partial charge in [0.25, 0.3) is 0 Å². The normalized spacial score (nSPS) is 24.3. The molecular formula is C9H15BrO2. The number of carbonyl (C=O) groups is 1. The van der Waals surface area contributed by atoms with Gasteiger partial charge in [-0.15, -0.1) is 0 Å². The van der Waals surface area contributed by atoms with E-state index in [1.54, 1.807) is 0 Å². The summed E-state index contributed by atoms with van der Waals surface area (Å²) < 4.78 is 4.77. The van der Waals surface area contributed by atoms with Gasteiger partial charge >= 0.3 is 5.97 Å². The van der Waals surface area contributed by atoms with E-state index in [1.165, 1.54) is 7.11 Å². The van der Waals surface area contributed by atoms with E-state index in [-0.39, 0.29) is 11.4 Å². The van der Waals surface area contributed by atoms with Crippen LogP contribution in [0.3, 0.4) is 0 Å². The molecule has 0 saturated heterocycles. The Bertz CT molecular complexity index is 191. The van der Waals surface area contributed by atoms with Crippen LogP contribution in [-0.4, -0.2) is 18.4 Å². The van der Waals surface area contributed by atoms with Gasteiger partial charge in [-0.2, -0.15) is 0 Å². The summed E-state index contributed by atoms with van der Waals surface area (Å²) >= 11 is 3.38. The highest BCUT2D eigenvalue weighted by Gasteiger charge is 2.54. The summed E-state index contributed by atoms with van der Waals surface area (Å²) in [5.41, 5.74) is 0.0697. The van der Waals surface area contributed by atoms with Crippen molar-refractivity contribution < 1.29 is 9.53 Å². The Labute approximate surface area is 81.8 Å². The summed E-state index contributed by atoms with van der Waals surface area (Å²) in [4.78, 5) is 11.4. The SMILES string of the molecule is COC(=O)C1(CBr)CC(C)(C)C1. The predicted octanol–water partition coefficient (Wildman–Crippen LogP) is 2.36. The monoisotopic (exact) mass is 234 g/mol. The molecule has 0 amide bonds. The third-order valence-electron chi connectivity index (χ3n) is 2.51. The fraction of sp³-hybridized carbons (Fsp3) is 0.889. The van der Waals surface area contributed by atoms with Gasteiger partial charge in [-0.25, -0.2) is 0 Å². The number of ether oxygens (including phenoxy) is 1. The molecule has 1 fully saturated rings. The number of esters is 1. The molecule has 12 heavy (non-hydrogen) atoms. The Morgan fingerprint density at radius 1 is 1.50 bits per heavy atom. The minimum atomic E-state index is -0.238. The average Bonchev–Trinajstić information content (AvgIpc) is 1.97. The number of hydrogen-bond donors (Lipinski definition) is 0. The van der Waals surface area contributed by atoms with Crippen molar-refractivity contribution in [3.05, 3.63) is 0 Å². The highest BCUT2D eigenvalue weighted by molar-refractivity contribution is 9.09. The largest absolute Gasteiger partial charge is 0.469 e. The maximum Gasteiger partial charge on any atom is 0.312 e. The number of halogens is 1. The van der Waals surface area contributed by atoms with Gasteiger partial charge in [-0.3, -0.25) is 4.79 Å². The van der Waals surface area contributed by atoms with Crippen molar-refractivity contribution in [1.29, 1.82) is 0 Å². The van der Waals surface area contributed by atoms with E-state index in [2.05, 4.69) is 29.8 Å². The van der Waals surface area contributed by atoms with E-state index >= 15 is 0 Å². The smallest absolute Gasteiger partial charge is 0.312 e. The third-order valence-corrected chi connectivity index (χ3v) is 3.58. The predicted molar refractivity (Wildman–Crippen MR) is 51.3 cm³/mol. The van der Waals surface area contributed by atoms with Crippen molar-refractivity contribution in [2.24, 2.45) is 10.8 Å². The molecule has 0 spiro atoms. The number of hydrogen-bond acceptors (Lipinski definition) is 2. The summed E-state index contributed by atoms with van der Waals surface area (Å²) in [5.74, 6) is -0.0706. The van der Waals surface area contributed by atoms with E-state index in [0.717, 1.165) is 18.2 Å². The van der Waals surface area contributed by atoms with Gasteiger partial charge in [0.15, 0.2) is 0 Å². The van der Waals surface area contributed by atoms with Crippen LogP contribution in [0.5, 0.6) is 0 Å². The van der Waals surface area contributed by atoms with E-state index in [9.17, 15) is 4.79 Å². The summed E-state index contributed by atoms with van der Waals surface area (Å²) in [5, 5.41) is 0.718. The average molecular weight is 235 g/mol. The molecule has 3 heteroatoms. The van der Waals surface area contributed by atoms with Crippen molar-refractivity contribution >= 4 is 21.9 Å². The van der Waals surface area contributed by atoms with Crippen LogP contribution in [0.1, 0.15) is 26.7 Å². The highest BCUT2D eigenvalue weighted by Crippen LogP contribution is 2.55. The van der Waals surface area contributed by atoms with E-state index in [0.29, 0.717) is 5.41 Å². The lowest BCUT2D eigenvalue weighted by atomic mass is 9.55. The third kappa shape index (κ3) is 1.51. The van der Waals surface area contributed by atoms with Crippen LogP contribution in [0, 0.1) is 10.8 Å². The van der Waals surface area contributed by atoms with Crippen LogP contribution in [-0.2, 0) is 9.53 Å². The molecule has 0 aromatic rings. The first-order valence-corrected chi connectivity index (χ1v) is 5.22. The Morgan fingerprint density at radius 2 is 2.00 bits per heavy atom. The Kier molecular flexibility index (Phi) is 2.52. The lowest BCUT2D eigenvalue weighted by molar-refractivity contribution is -0.164. The van der Waals surface area contributed by atoms with Crippen LogP contribution in [0.15, 0.2) is 0 Å². The molecular weight excluding hydrogens is 220 g/mol. The maximum absolute atomic E-state index is 11.4. The quantitative estimate of drug-likeness (QED) is 0.542. The van der Waals surface area contributed by atoms with Crippen molar-refractivity contribution in [3.8, 4) is 0 Å². The second-order valence-corrected chi connectivity index (χ2v) is 4.98. The van der Waals surface area contributed by atoms with Gasteiger partial charge in [0.2, 0.25) is 0 Å². The second-order valence-electron chi connectivity index (χ2n) is 4.42. The Hall–Kier alpha value is -0.0500. The fourth-order valence-corrected chi connectivity index (χ4v) is 2.92. The molecule has 0 atom stereocenters. The molecule has 0 heterocycles. The van der Waals surface area contributed by atoms with Crippen LogP contribution in [0.25, 0.3) is 0 Å². The number of carbonyl (C=O) groups excluding carboxylic acids is 1. The molecule has 1 saturated carbocycles. The van der Waals surface area contributed by atoms with Crippen molar-refractivity contribution in [1.82, 2.24) is 0 Å². The topological polar surface area (TPSA) is 26.3 Å². The zero-order valence-corrected chi connectivity index (χ0v) is 9.40. The Morgan fingerprint density at radius 3 is 2.25 bits per heavy atom. The van der Waals surface area contributed by atoms with Crippen molar-refractivity contribution in [2.45, 2.75) is 26.7 Å². The van der Waals surface area contributed by atoms with Gasteiger partial charge in [0.1, 0.15) is 0 Å². The molecule has 2 nitrogen and oxygen atoms in total. The maximum atomic E-state index is 11.4. The number of rotatable bonds is 2. The van der Waals surface area contributed by atoms with Crippen molar-refractivity contribution in [2.75, 3.05) is 12.4 Å². The highest BCUT2D eigenvalue weighted by atomic mass is 79.9. The van der Waals surface area contributed by atoms with Crippen LogP contribution >= 0.6 is 15.9 Å². The molecule has 0 N–H and O–H groups in total. The Balaban J connectivity index is 2.65. The molecule has 1 aliphatic carbocycles. The van der Waals surface area contributed by atoms with E-state index in [4.69, 9.17) is 4.74 Å². The standard InChI is InChI=1S/C9H15BrO2/c1-8(2)4-9(5-8,6-10)7(11)12-3/h4-6H2,1-3H3. The number of methoxy groups -OCH3 is 1. The van der Waals surface area contributed by atoms with Gasteiger partial charge in [-0.1, -0.05) is 29.8 Å². The van der Waals surface area contributed by atoms with Crippen LogP contribution in [0.4, 0.5) is 0 Å². The molecule has 0 unspecified atom stereocenters. The molecule has 0 aromatic heterocycles. The number of alkyl halides is 1. The zero-order valence-electron chi connectivity index (χ0n) is 7.82. The first kappa shape index (κ1) is 10.0. The molecule has 0 bridgehead atoms. The summed E-state index contributed by atoms with van der Waals surface area (Å²) in [6, 6.07) is 0. The first-order chi connectivity index (χ1) is 5.46. The fourth-order valence-electron chi connectivity index (χ4n) is 2.29. The van der Waals surface area contributed by atoms with Gasteiger partial charge in [-0.05, 0) is 18.3 Å². The first-order valence-electron chi connectivity index (χ1n) is 4.10. The van der Waals surface area contributed by atoms with E-state index in [1.807, 2.05) is 0 Å². The second kappa shape index (κ2) is 3.02. The molecule has 70 valence electrons. The molecule has 0 radical (unpaired) electrons. The lowest BCUT2D eigenvalue weighted by Gasteiger charge is -2.50. The summed E-state index contributed by atoms with van der Waals surface area (Å²) in [7, 11) is 1.46. The van der Waals surface area contributed by atoms with Gasteiger partial charge in [0.05, 0.1) is 12.5 Å². The minimum absolute atomic E-state index is 0.0706. The minimum Gasteiger partial charge on any atom is -0.469 e. The van der Waals surface area contributed by atoms with Gasteiger partial charge < -0.3 is 4.74 Å². The van der Waals surface area contributed by atoms with Crippen LogP contribution < -0.4 is 0 Å². The molecule has 1 aliphatic rings. The van der Waals surface area contributed by atoms with Crippen LogP contribution in [0.2, 0.25) is 0 Å². The lowest BCUT2D eigenvalue weighted by Crippen LogP contribution is -2.50.